The van der Waals surface area contributed by atoms with E-state index >= 15 is 0 Å². The predicted molar refractivity (Wildman–Crippen MR) is 107 cm³/mol. The second-order valence-electron chi connectivity index (χ2n) is 7.62. The van der Waals surface area contributed by atoms with Crippen molar-refractivity contribution in [2.75, 3.05) is 26.9 Å². The highest BCUT2D eigenvalue weighted by molar-refractivity contribution is 6.01. The van der Waals surface area contributed by atoms with Gasteiger partial charge in [0, 0.05) is 36.6 Å². The van der Waals surface area contributed by atoms with Crippen LogP contribution in [0.5, 0.6) is 0 Å². The van der Waals surface area contributed by atoms with Crippen molar-refractivity contribution in [3.63, 3.8) is 0 Å². The third-order valence-corrected chi connectivity index (χ3v) is 6.15. The molecule has 2 atom stereocenters. The topological polar surface area (TPSA) is 102 Å². The Hall–Kier alpha value is -2.71. The molecule has 0 radical (unpaired) electrons. The van der Waals surface area contributed by atoms with Crippen molar-refractivity contribution in [3.05, 3.63) is 35.5 Å². The van der Waals surface area contributed by atoms with Gasteiger partial charge in [-0.05, 0) is 48.9 Å². The number of aliphatic hydroxyl groups excluding tert-OH is 1. The molecule has 0 spiro atoms. The molecule has 1 aliphatic heterocycles. The first-order valence-corrected chi connectivity index (χ1v) is 9.81. The first kappa shape index (κ1) is 19.6. The number of amidine groups is 1. The molecular formula is C21H25N3O5. The van der Waals surface area contributed by atoms with Crippen LogP contribution in [-0.4, -0.2) is 55.1 Å². The fraction of sp³-hybridized carbons (Fsp3) is 0.476. The Labute approximate surface area is 168 Å². The molecule has 1 aromatic heterocycles. The standard InChI is InChI=1S/C21H25N3O5/c1-28-23-20(22-13-27)21(10-17(21)11-25)24-18(12-26)9-16-8-15(2-3-19(16)24)14-4-6-29-7-5-14/h2-3,8-9,12-14,17,25H,4-7,10-11H2,1H3,(H,22,23,27)/t17?,21-/m0/s1. The number of rotatable bonds is 7. The van der Waals surface area contributed by atoms with Crippen molar-refractivity contribution < 1.29 is 24.3 Å². The Morgan fingerprint density at radius 1 is 1.38 bits per heavy atom. The normalized spacial score (nSPS) is 25.0. The number of aliphatic hydroxyl groups is 1. The monoisotopic (exact) mass is 399 g/mol. The lowest BCUT2D eigenvalue weighted by molar-refractivity contribution is -0.108. The Balaban J connectivity index is 1.84. The Morgan fingerprint density at radius 3 is 2.79 bits per heavy atom. The van der Waals surface area contributed by atoms with Crippen LogP contribution in [0.25, 0.3) is 10.9 Å². The number of aldehydes is 1. The predicted octanol–water partition coefficient (Wildman–Crippen LogP) is 1.76. The molecule has 8 heteroatoms. The molecule has 2 N–H and O–H groups in total. The molecule has 29 heavy (non-hydrogen) atoms. The van der Waals surface area contributed by atoms with Crippen molar-refractivity contribution in [2.45, 2.75) is 30.7 Å². The maximum atomic E-state index is 11.9. The number of nitrogens with zero attached hydrogens (tertiary/aromatic N) is 2. The van der Waals surface area contributed by atoms with Crippen LogP contribution in [0.3, 0.4) is 0 Å². The van der Waals surface area contributed by atoms with Gasteiger partial charge in [0.25, 0.3) is 0 Å². The third-order valence-electron chi connectivity index (χ3n) is 6.15. The molecule has 1 unspecified atom stereocenters. The van der Waals surface area contributed by atoms with Gasteiger partial charge in [-0.1, -0.05) is 11.2 Å². The van der Waals surface area contributed by atoms with Crippen LogP contribution in [0, 0.1) is 5.92 Å². The molecule has 2 heterocycles. The minimum atomic E-state index is -0.830. The number of nitrogens with one attached hydrogen (secondary N) is 1. The van der Waals surface area contributed by atoms with Gasteiger partial charge in [-0.3, -0.25) is 9.59 Å². The smallest absolute Gasteiger partial charge is 0.212 e. The van der Waals surface area contributed by atoms with Crippen LogP contribution in [-0.2, 0) is 19.9 Å². The van der Waals surface area contributed by atoms with Crippen LogP contribution >= 0.6 is 0 Å². The van der Waals surface area contributed by atoms with Gasteiger partial charge >= 0.3 is 0 Å². The Kier molecular flexibility index (Phi) is 5.38. The van der Waals surface area contributed by atoms with Gasteiger partial charge in [0.1, 0.15) is 12.6 Å². The van der Waals surface area contributed by atoms with E-state index in [0.717, 1.165) is 43.2 Å². The number of oxime groups is 1. The van der Waals surface area contributed by atoms with E-state index in [-0.39, 0.29) is 18.4 Å². The fourth-order valence-electron chi connectivity index (χ4n) is 4.65. The summed E-state index contributed by atoms with van der Waals surface area (Å²) in [5, 5.41) is 17.4. The molecule has 0 bridgehead atoms. The highest BCUT2D eigenvalue weighted by Gasteiger charge is 2.61. The van der Waals surface area contributed by atoms with Crippen molar-refractivity contribution >= 4 is 29.4 Å². The largest absolute Gasteiger partial charge is 0.398 e. The highest BCUT2D eigenvalue weighted by Crippen LogP contribution is 2.53. The van der Waals surface area contributed by atoms with E-state index in [1.807, 2.05) is 16.7 Å². The van der Waals surface area contributed by atoms with Gasteiger partial charge in [-0.15, -0.1) is 0 Å². The van der Waals surface area contributed by atoms with Gasteiger partial charge in [0.2, 0.25) is 6.41 Å². The van der Waals surface area contributed by atoms with Crippen LogP contribution < -0.4 is 5.32 Å². The van der Waals surface area contributed by atoms with E-state index in [0.29, 0.717) is 24.4 Å². The minimum Gasteiger partial charge on any atom is -0.398 e. The zero-order valence-electron chi connectivity index (χ0n) is 16.3. The van der Waals surface area contributed by atoms with Crippen molar-refractivity contribution in [1.29, 1.82) is 0 Å². The second-order valence-corrected chi connectivity index (χ2v) is 7.62. The summed E-state index contributed by atoms with van der Waals surface area (Å²) in [5.74, 6) is 0.537. The number of ether oxygens (including phenoxy) is 1. The lowest BCUT2D eigenvalue weighted by Gasteiger charge is -2.24. The Bertz CT molecular complexity index is 947. The number of carbonyl (C=O) groups is 2. The molecule has 2 aliphatic rings. The molecule has 1 amide bonds. The van der Waals surface area contributed by atoms with Crippen LogP contribution in [0.2, 0.25) is 0 Å². The van der Waals surface area contributed by atoms with E-state index in [1.165, 1.54) is 12.7 Å². The van der Waals surface area contributed by atoms with Crippen LogP contribution in [0.15, 0.2) is 29.4 Å². The van der Waals surface area contributed by atoms with E-state index in [2.05, 4.69) is 22.6 Å². The molecule has 8 nitrogen and oxygen atoms in total. The number of aromatic nitrogens is 1. The quantitative estimate of drug-likeness (QED) is 0.320. The summed E-state index contributed by atoms with van der Waals surface area (Å²) in [6.45, 7) is 1.43. The summed E-state index contributed by atoms with van der Waals surface area (Å²) in [6, 6.07) is 8.07. The number of fused-ring (bicyclic) bond motifs is 1. The SMILES string of the molecule is CO/N=C(\NC=O)[C@]1(n2c(C=O)cc3cc(C4CCOCC4)ccc32)CC1CO. The first-order chi connectivity index (χ1) is 14.2. The molecule has 1 aromatic carbocycles. The van der Waals surface area contributed by atoms with Gasteiger partial charge < -0.3 is 24.6 Å². The molecule has 4 rings (SSSR count). The second kappa shape index (κ2) is 7.96. The lowest BCUT2D eigenvalue weighted by Crippen LogP contribution is -2.41. The fourth-order valence-corrected chi connectivity index (χ4v) is 4.65. The van der Waals surface area contributed by atoms with Crippen LogP contribution in [0.1, 0.15) is 41.2 Å². The molecule has 1 saturated heterocycles. The van der Waals surface area contributed by atoms with Gasteiger partial charge in [-0.25, -0.2) is 0 Å². The maximum absolute atomic E-state index is 11.9. The maximum Gasteiger partial charge on any atom is 0.212 e. The molecule has 1 saturated carbocycles. The average molecular weight is 399 g/mol. The summed E-state index contributed by atoms with van der Waals surface area (Å²) >= 11 is 0. The number of amides is 1. The van der Waals surface area contributed by atoms with Crippen molar-refractivity contribution in [1.82, 2.24) is 9.88 Å². The van der Waals surface area contributed by atoms with E-state index in [9.17, 15) is 14.7 Å². The number of hydrogen-bond donors (Lipinski definition) is 2. The molecule has 154 valence electrons. The summed E-state index contributed by atoms with van der Waals surface area (Å²) in [6.07, 6.45) is 3.84. The summed E-state index contributed by atoms with van der Waals surface area (Å²) < 4.78 is 7.34. The van der Waals surface area contributed by atoms with Crippen molar-refractivity contribution in [3.8, 4) is 0 Å². The molecule has 1 aliphatic carbocycles. The van der Waals surface area contributed by atoms with E-state index in [4.69, 9.17) is 9.57 Å². The summed E-state index contributed by atoms with van der Waals surface area (Å²) in [7, 11) is 1.39. The first-order valence-electron chi connectivity index (χ1n) is 9.81. The van der Waals surface area contributed by atoms with E-state index < -0.39 is 5.54 Å². The summed E-state index contributed by atoms with van der Waals surface area (Å²) in [4.78, 5) is 28.0. The Morgan fingerprint density at radius 2 is 2.17 bits per heavy atom. The number of hydrogen-bond acceptors (Lipinski definition) is 6. The highest BCUT2D eigenvalue weighted by atomic mass is 16.6. The average Bonchev–Trinajstić information content (AvgIpc) is 3.38. The van der Waals surface area contributed by atoms with Gasteiger partial charge in [0.15, 0.2) is 12.1 Å². The van der Waals surface area contributed by atoms with Crippen molar-refractivity contribution in [2.24, 2.45) is 11.1 Å². The molecule has 2 aromatic rings. The van der Waals surface area contributed by atoms with Gasteiger partial charge in [-0.2, -0.15) is 0 Å². The van der Waals surface area contributed by atoms with E-state index in [1.54, 1.807) is 0 Å². The molecular weight excluding hydrogens is 374 g/mol. The third kappa shape index (κ3) is 3.22. The zero-order chi connectivity index (χ0) is 20.4. The zero-order valence-corrected chi connectivity index (χ0v) is 16.3. The minimum absolute atomic E-state index is 0.0958. The number of benzene rings is 1. The summed E-state index contributed by atoms with van der Waals surface area (Å²) in [5.41, 5.74) is 1.73. The van der Waals surface area contributed by atoms with Gasteiger partial charge in [0.05, 0.1) is 5.69 Å². The molecule has 2 fully saturated rings. The van der Waals surface area contributed by atoms with Crippen LogP contribution in [0.4, 0.5) is 0 Å². The lowest BCUT2D eigenvalue weighted by atomic mass is 9.91. The number of carbonyl (C=O) groups excluding carboxylic acids is 2.